The van der Waals surface area contributed by atoms with Gasteiger partial charge in [-0.05, 0) is 136 Å². The summed E-state index contributed by atoms with van der Waals surface area (Å²) < 4.78 is 112. The number of hydrogen-bond donors (Lipinski definition) is 0. The molecule has 0 unspecified atom stereocenters. The van der Waals surface area contributed by atoms with E-state index in [2.05, 4.69) is 60.8 Å². The van der Waals surface area contributed by atoms with Crippen LogP contribution in [0.25, 0.3) is 0 Å². The summed E-state index contributed by atoms with van der Waals surface area (Å²) in [5.74, 6) is -0.840. The Labute approximate surface area is 533 Å². The van der Waals surface area contributed by atoms with Gasteiger partial charge in [0.15, 0.2) is 17.2 Å². The van der Waals surface area contributed by atoms with Crippen molar-refractivity contribution in [2.75, 3.05) is 19.8 Å². The first kappa shape index (κ1) is 65.7. The number of ether oxygens (including phenoxy) is 3. The van der Waals surface area contributed by atoms with Crippen LogP contribution in [0.15, 0.2) is 146 Å². The number of pyridine rings is 3. The number of carbonyl (C=O) groups excluding carboxylic acids is 3. The standard InChI is InChI=1S/C23H20BrF2N3O2.C23H20F3N3O2.C23H21F2N3O2/c2*1-14-27-12-22(20(10-24)29-14)31-13-23(15-3-2-4-16(25)7-15)9-19(23)21(30)8-18-6-5-17(26)11-28-18;1-14-22(12-26-15(2)28-14)30-13-23(16-4-3-5-17(24)8-16)10-20(23)21(29)9-19-7-6-18(25)11-27-19/h2*2-7,11-12,19H,8-10,13H2,1H3;3-8,11-12,20H,9-10,13H2,1-2H3/t2*19-,23+;20-,23+/m000/s1. The van der Waals surface area contributed by atoms with Gasteiger partial charge in [-0.3, -0.25) is 29.3 Å². The van der Waals surface area contributed by atoms with Crippen LogP contribution in [-0.4, -0.2) is 82.0 Å². The number of aryl methyl sites for hydroxylation is 4. The van der Waals surface area contributed by atoms with Crippen molar-refractivity contribution >= 4 is 33.3 Å². The van der Waals surface area contributed by atoms with E-state index in [4.69, 9.17) is 14.2 Å². The van der Waals surface area contributed by atoms with Gasteiger partial charge in [-0.1, -0.05) is 52.3 Å². The van der Waals surface area contributed by atoms with E-state index in [0.717, 1.165) is 24.2 Å². The maximum absolute atomic E-state index is 14.0. The highest BCUT2D eigenvalue weighted by molar-refractivity contribution is 9.08. The minimum absolute atomic E-state index is 0.0288. The molecule has 3 fully saturated rings. The average molecular weight is 1330 g/mol. The second-order valence-corrected chi connectivity index (χ2v) is 23.6. The minimum Gasteiger partial charge on any atom is -0.489 e. The van der Waals surface area contributed by atoms with Crippen LogP contribution >= 0.6 is 15.9 Å². The molecule has 9 aromatic rings. The Kier molecular flexibility index (Phi) is 20.4. The molecule has 0 saturated heterocycles. The number of nitrogens with zero attached hydrogens (tertiary/aromatic N) is 9. The summed E-state index contributed by atoms with van der Waals surface area (Å²) in [5.41, 5.74) is 3.04. The monoisotopic (exact) mass is 1320 g/mol. The van der Waals surface area contributed by atoms with Crippen LogP contribution in [-0.2, 0) is 61.9 Å². The van der Waals surface area contributed by atoms with Gasteiger partial charge in [0.05, 0.1) is 68.4 Å². The number of ketones is 3. The van der Waals surface area contributed by atoms with Gasteiger partial charge in [-0.2, -0.15) is 0 Å². The average Bonchev–Trinajstić information content (AvgIpc) is 1.59. The fraction of sp³-hybridized carbons (Fsp3) is 0.304. The fourth-order valence-corrected chi connectivity index (χ4v) is 11.9. The summed E-state index contributed by atoms with van der Waals surface area (Å²) in [6.07, 6.45) is 9.62. The summed E-state index contributed by atoms with van der Waals surface area (Å²) in [4.78, 5) is 75.9. The molecule has 12 rings (SSSR count). The predicted octanol–water partition coefficient (Wildman–Crippen LogP) is 12.5. The van der Waals surface area contributed by atoms with Crippen LogP contribution in [0.4, 0.5) is 30.7 Å². The molecule has 92 heavy (non-hydrogen) atoms. The Morgan fingerprint density at radius 2 is 0.772 bits per heavy atom. The largest absolute Gasteiger partial charge is 0.489 e. The van der Waals surface area contributed by atoms with Crippen molar-refractivity contribution in [3.05, 3.63) is 250 Å². The first-order chi connectivity index (χ1) is 44.2. The molecule has 474 valence electrons. The van der Waals surface area contributed by atoms with Crippen LogP contribution in [0.5, 0.6) is 17.2 Å². The van der Waals surface area contributed by atoms with Gasteiger partial charge >= 0.3 is 0 Å². The third kappa shape index (κ3) is 15.7. The van der Waals surface area contributed by atoms with Crippen molar-refractivity contribution in [2.45, 2.75) is 94.5 Å². The lowest BCUT2D eigenvalue weighted by Crippen LogP contribution is -2.25. The maximum Gasteiger partial charge on any atom is 0.161 e. The first-order valence-corrected chi connectivity index (χ1v) is 30.4. The van der Waals surface area contributed by atoms with Gasteiger partial charge in [0.1, 0.15) is 82.1 Å². The summed E-state index contributed by atoms with van der Waals surface area (Å²) in [7, 11) is 0. The van der Waals surface area contributed by atoms with Gasteiger partial charge in [0, 0.05) is 75.7 Å². The quantitative estimate of drug-likeness (QED) is 0.0433. The van der Waals surface area contributed by atoms with E-state index in [1.165, 1.54) is 79.0 Å². The Morgan fingerprint density at radius 3 is 1.10 bits per heavy atom. The lowest BCUT2D eigenvalue weighted by molar-refractivity contribution is -0.121. The van der Waals surface area contributed by atoms with E-state index < -0.39 is 52.1 Å². The Bertz CT molecular complexity index is 3970. The zero-order valence-electron chi connectivity index (χ0n) is 50.4. The SMILES string of the molecule is Cc1ncc(OC[C@@]2(c3cccc(F)c3)C[C@H]2C(=O)Cc2ccc(F)cn2)c(C)n1.Cc1ncc(OC[C@@]2(c3cccc(F)c3)C[C@H]2C(=O)Cc2ccc(F)cn2)c(CBr)n1.Cc1ncc(OC[C@@]2(c3cccc(F)c3)C[C@H]2C(=O)Cc2ccc(F)cn2)c(CF)n1. The van der Waals surface area contributed by atoms with Crippen molar-refractivity contribution in [3.63, 3.8) is 0 Å². The molecule has 3 aromatic carbocycles. The van der Waals surface area contributed by atoms with Gasteiger partial charge in [-0.25, -0.2) is 60.6 Å². The second-order valence-electron chi connectivity index (χ2n) is 23.1. The highest BCUT2D eigenvalue weighted by Crippen LogP contribution is 2.58. The maximum atomic E-state index is 14.0. The molecule has 15 nitrogen and oxygen atoms in total. The van der Waals surface area contributed by atoms with E-state index in [1.807, 2.05) is 19.1 Å². The molecule has 0 bridgehead atoms. The van der Waals surface area contributed by atoms with Crippen LogP contribution in [0, 0.1) is 80.4 Å². The number of rotatable bonds is 23. The van der Waals surface area contributed by atoms with E-state index in [9.17, 15) is 45.1 Å². The highest BCUT2D eigenvalue weighted by Gasteiger charge is 2.61. The van der Waals surface area contributed by atoms with E-state index in [1.54, 1.807) is 57.4 Å². The topological polar surface area (TPSA) is 195 Å². The molecule has 3 aliphatic rings. The van der Waals surface area contributed by atoms with E-state index in [0.29, 0.717) is 93.2 Å². The van der Waals surface area contributed by atoms with Crippen molar-refractivity contribution in [2.24, 2.45) is 17.8 Å². The first-order valence-electron chi connectivity index (χ1n) is 29.3. The molecule has 23 heteroatoms. The molecule has 0 spiro atoms. The number of carbonyl (C=O) groups is 3. The lowest BCUT2D eigenvalue weighted by Gasteiger charge is -2.20. The predicted molar refractivity (Wildman–Crippen MR) is 326 cm³/mol. The van der Waals surface area contributed by atoms with Crippen LogP contribution in [0.1, 0.15) is 87.6 Å². The second kappa shape index (κ2) is 28.5. The molecular weight excluding hydrogens is 1260 g/mol. The third-order valence-corrected chi connectivity index (χ3v) is 17.2. The zero-order valence-corrected chi connectivity index (χ0v) is 52.0. The van der Waals surface area contributed by atoms with Crippen molar-refractivity contribution in [1.82, 2.24) is 44.9 Å². The highest BCUT2D eigenvalue weighted by atomic mass is 79.9. The Morgan fingerprint density at radius 1 is 0.435 bits per heavy atom. The number of alkyl halides is 2. The molecular formula is C69H61BrF7N9O6. The van der Waals surface area contributed by atoms with E-state index >= 15 is 0 Å². The van der Waals surface area contributed by atoms with E-state index in [-0.39, 0.29) is 91.3 Å². The number of benzene rings is 3. The molecule has 0 aliphatic heterocycles. The van der Waals surface area contributed by atoms with Gasteiger partial charge < -0.3 is 14.2 Å². The lowest BCUT2D eigenvalue weighted by atomic mass is 9.91. The molecule has 0 radical (unpaired) electrons. The van der Waals surface area contributed by atoms with Gasteiger partial charge in [-0.15, -0.1) is 0 Å². The molecule has 0 N–H and O–H groups in total. The number of halogens is 8. The molecule has 0 amide bonds. The Hall–Kier alpha value is -9.25. The number of Topliss-reactive ketones (excluding diaryl/α,β-unsaturated/α-hetero) is 3. The summed E-state index contributed by atoms with van der Waals surface area (Å²) in [6, 6.07) is 26.9. The zero-order chi connectivity index (χ0) is 65.3. The molecule has 3 aliphatic carbocycles. The van der Waals surface area contributed by atoms with Crippen LogP contribution in [0.3, 0.4) is 0 Å². The molecule has 6 aromatic heterocycles. The summed E-state index contributed by atoms with van der Waals surface area (Å²) in [5, 5.41) is 0.497. The number of aromatic nitrogens is 9. The third-order valence-electron chi connectivity index (χ3n) is 16.7. The summed E-state index contributed by atoms with van der Waals surface area (Å²) >= 11 is 3.40. The van der Waals surface area contributed by atoms with Crippen LogP contribution in [0.2, 0.25) is 0 Å². The smallest absolute Gasteiger partial charge is 0.161 e. The van der Waals surface area contributed by atoms with Crippen molar-refractivity contribution in [1.29, 1.82) is 0 Å². The minimum atomic E-state index is -0.815. The van der Waals surface area contributed by atoms with Gasteiger partial charge in [0.2, 0.25) is 0 Å². The number of hydrogen-bond acceptors (Lipinski definition) is 15. The Balaban J connectivity index is 0.000000151. The normalized spacial score (nSPS) is 19.9. The van der Waals surface area contributed by atoms with Gasteiger partial charge in [0.25, 0.3) is 0 Å². The molecule has 6 heterocycles. The molecule has 3 saturated carbocycles. The summed E-state index contributed by atoms with van der Waals surface area (Å²) in [6.45, 7) is 6.69. The van der Waals surface area contributed by atoms with Crippen molar-refractivity contribution < 1.29 is 59.3 Å². The van der Waals surface area contributed by atoms with Crippen LogP contribution < -0.4 is 14.2 Å². The van der Waals surface area contributed by atoms with Crippen molar-refractivity contribution in [3.8, 4) is 17.2 Å². The fourth-order valence-electron chi connectivity index (χ4n) is 11.5. The molecule has 6 atom stereocenters.